The van der Waals surface area contributed by atoms with E-state index in [2.05, 4.69) is 28.2 Å². The average Bonchev–Trinajstić information content (AvgIpc) is 3.18. The van der Waals surface area contributed by atoms with Crippen LogP contribution >= 0.6 is 11.3 Å². The zero-order valence-electron chi connectivity index (χ0n) is 15.2. The number of fused-ring (bicyclic) bond motifs is 2. The Morgan fingerprint density at radius 3 is 3.00 bits per heavy atom. The van der Waals surface area contributed by atoms with Crippen LogP contribution < -0.4 is 15.8 Å². The summed E-state index contributed by atoms with van der Waals surface area (Å²) in [7, 11) is 0. The van der Waals surface area contributed by atoms with Gasteiger partial charge in [-0.1, -0.05) is 0 Å². The van der Waals surface area contributed by atoms with Gasteiger partial charge in [0.1, 0.15) is 5.58 Å². The number of hydrogen-bond donors (Lipinski definition) is 1. The summed E-state index contributed by atoms with van der Waals surface area (Å²) < 4.78 is 7.61. The van der Waals surface area contributed by atoms with Crippen molar-refractivity contribution in [3.05, 3.63) is 52.0 Å². The molecule has 0 unspecified atom stereocenters. The first-order valence-electron chi connectivity index (χ1n) is 9.08. The smallest absolute Gasteiger partial charge is 0.345 e. The summed E-state index contributed by atoms with van der Waals surface area (Å²) in [5, 5.41) is 4.35. The molecule has 4 aromatic rings. The molecule has 0 aliphatic carbocycles. The fourth-order valence-electron chi connectivity index (χ4n) is 3.68. The van der Waals surface area contributed by atoms with Crippen LogP contribution in [0.2, 0.25) is 0 Å². The number of aromatic nitrogens is 2. The molecule has 27 heavy (non-hydrogen) atoms. The molecule has 4 heterocycles. The minimum atomic E-state index is -0.351. The van der Waals surface area contributed by atoms with Gasteiger partial charge >= 0.3 is 5.63 Å². The van der Waals surface area contributed by atoms with Gasteiger partial charge in [0, 0.05) is 60.1 Å². The van der Waals surface area contributed by atoms with E-state index < -0.39 is 0 Å². The Kier molecular flexibility index (Phi) is 3.80. The predicted octanol–water partition coefficient (Wildman–Crippen LogP) is 3.28. The molecular formula is C20H20N4O2S. The van der Waals surface area contributed by atoms with E-state index in [1.54, 1.807) is 11.3 Å². The van der Waals surface area contributed by atoms with Crippen molar-refractivity contribution in [1.82, 2.24) is 14.7 Å². The number of nitrogens with zero attached hydrogens (tertiary/aromatic N) is 3. The minimum Gasteiger partial charge on any atom is -0.422 e. The second-order valence-electron chi connectivity index (χ2n) is 7.13. The Bertz CT molecular complexity index is 1170. The number of nitrogens with one attached hydrogen (secondary N) is 1. The van der Waals surface area contributed by atoms with E-state index in [-0.39, 0.29) is 5.63 Å². The maximum atomic E-state index is 12.6. The summed E-state index contributed by atoms with van der Waals surface area (Å²) in [4.78, 5) is 21.6. The largest absolute Gasteiger partial charge is 0.422 e. The Morgan fingerprint density at radius 1 is 1.30 bits per heavy atom. The van der Waals surface area contributed by atoms with E-state index in [9.17, 15) is 4.79 Å². The standard InChI is InChI=1S/C20H20N4O2S/c1-12-9-23(6-5-21-12)15-4-3-14-7-16(19(25)26-18(14)8-15)17-11-24-10-13(2)27-20(24)22-17/h3-4,7-8,10-12,21H,5-6,9H2,1-2H3/t12-/m0/s1. The summed E-state index contributed by atoms with van der Waals surface area (Å²) in [6.45, 7) is 7.07. The first kappa shape index (κ1) is 16.5. The normalized spacial score (nSPS) is 17.9. The predicted molar refractivity (Wildman–Crippen MR) is 109 cm³/mol. The Morgan fingerprint density at radius 2 is 2.19 bits per heavy atom. The van der Waals surface area contributed by atoms with Gasteiger partial charge in [0.15, 0.2) is 4.96 Å². The average molecular weight is 380 g/mol. The molecule has 7 heteroatoms. The Labute approximate surface area is 160 Å². The number of aryl methyl sites for hydroxylation is 1. The maximum Gasteiger partial charge on any atom is 0.345 e. The highest BCUT2D eigenvalue weighted by atomic mass is 32.1. The molecule has 0 radical (unpaired) electrons. The zero-order chi connectivity index (χ0) is 18.5. The third-order valence-electron chi connectivity index (χ3n) is 5.00. The van der Waals surface area contributed by atoms with E-state index in [1.807, 2.05) is 41.9 Å². The molecular weight excluding hydrogens is 360 g/mol. The molecule has 5 rings (SSSR count). The van der Waals surface area contributed by atoms with Gasteiger partial charge in [-0.05, 0) is 32.0 Å². The van der Waals surface area contributed by atoms with Gasteiger partial charge in [-0.3, -0.25) is 4.40 Å². The lowest BCUT2D eigenvalue weighted by Gasteiger charge is -2.33. The Balaban J connectivity index is 1.55. The van der Waals surface area contributed by atoms with Gasteiger partial charge < -0.3 is 14.6 Å². The van der Waals surface area contributed by atoms with Crippen molar-refractivity contribution in [1.29, 1.82) is 0 Å². The van der Waals surface area contributed by atoms with Gasteiger partial charge in [0.05, 0.1) is 11.3 Å². The molecule has 3 aromatic heterocycles. The molecule has 1 fully saturated rings. The second kappa shape index (κ2) is 6.21. The third-order valence-corrected chi connectivity index (χ3v) is 5.91. The van der Waals surface area contributed by atoms with Crippen molar-refractivity contribution in [2.24, 2.45) is 0 Å². The summed E-state index contributed by atoms with van der Waals surface area (Å²) >= 11 is 1.60. The van der Waals surface area contributed by atoms with E-state index in [0.717, 1.165) is 35.7 Å². The minimum absolute atomic E-state index is 0.351. The van der Waals surface area contributed by atoms with Crippen LogP contribution in [0.15, 0.2) is 45.9 Å². The molecule has 1 atom stereocenters. The van der Waals surface area contributed by atoms with Gasteiger partial charge in [-0.25, -0.2) is 9.78 Å². The van der Waals surface area contributed by atoms with Crippen LogP contribution in [0.1, 0.15) is 11.8 Å². The number of benzene rings is 1. The monoisotopic (exact) mass is 380 g/mol. The topological polar surface area (TPSA) is 62.8 Å². The summed E-state index contributed by atoms with van der Waals surface area (Å²) in [6, 6.07) is 8.41. The van der Waals surface area contributed by atoms with Gasteiger partial charge in [0.25, 0.3) is 0 Å². The highest BCUT2D eigenvalue weighted by molar-refractivity contribution is 7.17. The lowest BCUT2D eigenvalue weighted by atomic mass is 10.1. The van der Waals surface area contributed by atoms with E-state index >= 15 is 0 Å². The van der Waals surface area contributed by atoms with E-state index in [4.69, 9.17) is 4.42 Å². The lowest BCUT2D eigenvalue weighted by Crippen LogP contribution is -2.49. The molecule has 138 valence electrons. The summed E-state index contributed by atoms with van der Waals surface area (Å²) in [6.07, 6.45) is 3.90. The van der Waals surface area contributed by atoms with Gasteiger partial charge in [-0.2, -0.15) is 0 Å². The van der Waals surface area contributed by atoms with Gasteiger partial charge in [0.2, 0.25) is 0 Å². The number of thiazole rings is 1. The van der Waals surface area contributed by atoms with Crippen molar-refractivity contribution in [2.75, 3.05) is 24.5 Å². The van der Waals surface area contributed by atoms with E-state index in [0.29, 0.717) is 22.9 Å². The highest BCUT2D eigenvalue weighted by Crippen LogP contribution is 2.27. The number of piperazine rings is 1. The third kappa shape index (κ3) is 2.93. The van der Waals surface area contributed by atoms with Crippen molar-refractivity contribution in [3.8, 4) is 11.3 Å². The fourth-order valence-corrected chi connectivity index (χ4v) is 4.49. The highest BCUT2D eigenvalue weighted by Gasteiger charge is 2.17. The molecule has 1 aromatic carbocycles. The molecule has 0 spiro atoms. The Hall–Kier alpha value is -2.64. The lowest BCUT2D eigenvalue weighted by molar-refractivity contribution is 0.484. The number of rotatable bonds is 2. The fraction of sp³-hybridized carbons (Fsp3) is 0.300. The van der Waals surface area contributed by atoms with Crippen LogP contribution in [0.5, 0.6) is 0 Å². The SMILES string of the molecule is Cc1cn2cc(-c3cc4ccc(N5CCN[C@@H](C)C5)cc4oc3=O)nc2s1. The molecule has 1 saturated heterocycles. The molecule has 0 saturated carbocycles. The van der Waals surface area contributed by atoms with Crippen LogP contribution in [-0.4, -0.2) is 35.1 Å². The quantitative estimate of drug-likeness (QED) is 0.541. The number of anilines is 1. The van der Waals surface area contributed by atoms with Gasteiger partial charge in [-0.15, -0.1) is 11.3 Å². The van der Waals surface area contributed by atoms with Crippen molar-refractivity contribution < 1.29 is 4.42 Å². The maximum absolute atomic E-state index is 12.6. The number of imidazole rings is 1. The van der Waals surface area contributed by atoms with Crippen molar-refractivity contribution in [3.63, 3.8) is 0 Å². The van der Waals surface area contributed by atoms with Crippen LogP contribution in [0, 0.1) is 6.92 Å². The number of hydrogen-bond acceptors (Lipinski definition) is 6. The van der Waals surface area contributed by atoms with E-state index in [1.165, 1.54) is 4.88 Å². The van der Waals surface area contributed by atoms with Crippen molar-refractivity contribution >= 4 is 33.0 Å². The zero-order valence-corrected chi connectivity index (χ0v) is 16.0. The summed E-state index contributed by atoms with van der Waals surface area (Å²) in [5.74, 6) is 0. The van der Waals surface area contributed by atoms with Crippen molar-refractivity contribution in [2.45, 2.75) is 19.9 Å². The van der Waals surface area contributed by atoms with Crippen LogP contribution in [0.3, 0.4) is 0 Å². The van der Waals surface area contributed by atoms with Crippen LogP contribution in [0.4, 0.5) is 5.69 Å². The van der Waals surface area contributed by atoms with Crippen LogP contribution in [-0.2, 0) is 0 Å². The molecule has 1 aliphatic heterocycles. The first-order chi connectivity index (χ1) is 13.1. The molecule has 6 nitrogen and oxygen atoms in total. The second-order valence-corrected chi connectivity index (χ2v) is 8.34. The molecule has 0 bridgehead atoms. The molecule has 1 N–H and O–H groups in total. The van der Waals surface area contributed by atoms with Crippen LogP contribution in [0.25, 0.3) is 27.2 Å². The molecule has 1 aliphatic rings. The molecule has 0 amide bonds. The summed E-state index contributed by atoms with van der Waals surface area (Å²) in [5.41, 5.74) is 2.50. The first-order valence-corrected chi connectivity index (χ1v) is 9.90.